The van der Waals surface area contributed by atoms with Gasteiger partial charge < -0.3 is 5.32 Å². The predicted octanol–water partition coefficient (Wildman–Crippen LogP) is 4.53. The molecule has 1 atom stereocenters. The molecule has 1 aliphatic heterocycles. The monoisotopic (exact) mass is 299 g/mol. The van der Waals surface area contributed by atoms with Crippen LogP contribution in [-0.2, 0) is 13.0 Å². The molecule has 1 heteroatoms. The summed E-state index contributed by atoms with van der Waals surface area (Å²) in [5.41, 5.74) is 5.68. The summed E-state index contributed by atoms with van der Waals surface area (Å²) in [7, 11) is 0. The average Bonchev–Trinajstić information content (AvgIpc) is 2.64. The van der Waals surface area contributed by atoms with Gasteiger partial charge in [-0.25, -0.2) is 0 Å². The second kappa shape index (κ2) is 6.39. The van der Waals surface area contributed by atoms with Crippen LogP contribution in [0.4, 0.5) is 0 Å². The Labute approximate surface area is 138 Å². The summed E-state index contributed by atoms with van der Waals surface area (Å²) >= 11 is 0. The molecule has 0 fully saturated rings. The van der Waals surface area contributed by atoms with E-state index in [0.717, 1.165) is 13.0 Å². The van der Waals surface area contributed by atoms with Crippen molar-refractivity contribution in [3.63, 3.8) is 0 Å². The van der Waals surface area contributed by atoms with E-state index in [1.165, 1.54) is 22.3 Å². The fourth-order valence-electron chi connectivity index (χ4n) is 3.69. The molecule has 4 rings (SSSR count). The van der Waals surface area contributed by atoms with Crippen molar-refractivity contribution < 1.29 is 0 Å². The van der Waals surface area contributed by atoms with Crippen molar-refractivity contribution in [2.75, 3.05) is 0 Å². The second-order valence-corrected chi connectivity index (χ2v) is 6.26. The molecule has 23 heavy (non-hydrogen) atoms. The lowest BCUT2D eigenvalue weighted by atomic mass is 9.80. The van der Waals surface area contributed by atoms with Crippen molar-refractivity contribution in [1.29, 1.82) is 0 Å². The molecule has 0 unspecified atom stereocenters. The van der Waals surface area contributed by atoms with E-state index in [1.54, 1.807) is 0 Å². The van der Waals surface area contributed by atoms with E-state index in [9.17, 15) is 0 Å². The normalized spacial score (nSPS) is 17.0. The maximum atomic E-state index is 3.77. The molecule has 0 saturated carbocycles. The van der Waals surface area contributed by atoms with E-state index in [-0.39, 0.29) is 0 Å². The van der Waals surface area contributed by atoms with E-state index < -0.39 is 0 Å². The Balaban J connectivity index is 1.72. The van der Waals surface area contributed by atoms with Crippen molar-refractivity contribution in [2.24, 2.45) is 0 Å². The summed E-state index contributed by atoms with van der Waals surface area (Å²) < 4.78 is 0. The van der Waals surface area contributed by atoms with Gasteiger partial charge in [0.25, 0.3) is 0 Å². The number of fused-ring (bicyclic) bond motifs is 1. The molecular formula is C22H21N. The van der Waals surface area contributed by atoms with E-state index >= 15 is 0 Å². The molecular weight excluding hydrogens is 278 g/mol. The zero-order valence-corrected chi connectivity index (χ0v) is 13.2. The van der Waals surface area contributed by atoms with Crippen LogP contribution in [0.15, 0.2) is 84.9 Å². The lowest BCUT2D eigenvalue weighted by Crippen LogP contribution is -2.40. The van der Waals surface area contributed by atoms with Crippen LogP contribution in [0.2, 0.25) is 0 Å². The Bertz CT molecular complexity index is 725. The van der Waals surface area contributed by atoms with Crippen LogP contribution in [0.5, 0.6) is 0 Å². The summed E-state index contributed by atoms with van der Waals surface area (Å²) in [4.78, 5) is 0. The summed E-state index contributed by atoms with van der Waals surface area (Å²) in [5.74, 6) is 0.380. The first-order chi connectivity index (χ1) is 11.4. The van der Waals surface area contributed by atoms with Gasteiger partial charge in [-0.1, -0.05) is 84.9 Å². The van der Waals surface area contributed by atoms with Crippen LogP contribution in [0.3, 0.4) is 0 Å². The highest BCUT2D eigenvalue weighted by molar-refractivity contribution is 5.38. The van der Waals surface area contributed by atoms with Crippen molar-refractivity contribution >= 4 is 0 Å². The molecule has 0 spiro atoms. The first-order valence-corrected chi connectivity index (χ1v) is 8.32. The largest absolute Gasteiger partial charge is 0.309 e. The van der Waals surface area contributed by atoms with E-state index in [4.69, 9.17) is 0 Å². The van der Waals surface area contributed by atoms with Crippen molar-refractivity contribution in [2.45, 2.75) is 24.9 Å². The molecule has 114 valence electrons. The fourth-order valence-corrected chi connectivity index (χ4v) is 3.69. The van der Waals surface area contributed by atoms with E-state index in [2.05, 4.69) is 90.2 Å². The molecule has 0 bridgehead atoms. The van der Waals surface area contributed by atoms with Crippen LogP contribution in [0.1, 0.15) is 28.2 Å². The van der Waals surface area contributed by atoms with Crippen LogP contribution in [-0.4, -0.2) is 6.04 Å². The standard InChI is InChI=1S/C22H21N/c1-3-9-17(10-4-1)22(18-11-5-2-6-12-18)21-15-19-13-7-8-14-20(19)16-23-21/h1-14,21-23H,15-16H2/t21-/m1/s1. The van der Waals surface area contributed by atoms with E-state index in [0.29, 0.717) is 12.0 Å². The van der Waals surface area contributed by atoms with Crippen molar-refractivity contribution in [3.8, 4) is 0 Å². The van der Waals surface area contributed by atoms with Gasteiger partial charge >= 0.3 is 0 Å². The highest BCUT2D eigenvalue weighted by Gasteiger charge is 2.28. The number of nitrogens with one attached hydrogen (secondary N) is 1. The van der Waals surface area contributed by atoms with Crippen molar-refractivity contribution in [1.82, 2.24) is 5.32 Å². The number of benzene rings is 3. The van der Waals surface area contributed by atoms with Gasteiger partial charge in [-0.05, 0) is 28.7 Å². The topological polar surface area (TPSA) is 12.0 Å². The van der Waals surface area contributed by atoms with Gasteiger partial charge in [0.1, 0.15) is 0 Å². The molecule has 1 N–H and O–H groups in total. The molecule has 3 aromatic rings. The Morgan fingerprint density at radius 2 is 1.17 bits per heavy atom. The highest BCUT2D eigenvalue weighted by Crippen LogP contribution is 2.32. The van der Waals surface area contributed by atoms with Gasteiger partial charge in [0, 0.05) is 18.5 Å². The van der Waals surface area contributed by atoms with Gasteiger partial charge in [-0.15, -0.1) is 0 Å². The Hall–Kier alpha value is -2.38. The minimum atomic E-state index is 0.380. The molecule has 0 amide bonds. The second-order valence-electron chi connectivity index (χ2n) is 6.26. The van der Waals surface area contributed by atoms with Gasteiger partial charge in [-0.2, -0.15) is 0 Å². The maximum Gasteiger partial charge on any atom is 0.0246 e. The zero-order valence-electron chi connectivity index (χ0n) is 13.2. The molecule has 1 aliphatic rings. The van der Waals surface area contributed by atoms with Gasteiger partial charge in [0.2, 0.25) is 0 Å². The minimum absolute atomic E-state index is 0.380. The maximum absolute atomic E-state index is 3.77. The molecule has 1 nitrogen and oxygen atoms in total. The van der Waals surface area contributed by atoms with Crippen LogP contribution in [0.25, 0.3) is 0 Å². The predicted molar refractivity (Wildman–Crippen MR) is 95.5 cm³/mol. The third kappa shape index (κ3) is 2.93. The molecule has 0 aliphatic carbocycles. The first kappa shape index (κ1) is 14.2. The Morgan fingerprint density at radius 3 is 1.78 bits per heavy atom. The third-order valence-electron chi connectivity index (χ3n) is 4.83. The molecule has 3 aromatic carbocycles. The van der Waals surface area contributed by atoms with Crippen molar-refractivity contribution in [3.05, 3.63) is 107 Å². The lowest BCUT2D eigenvalue weighted by molar-refractivity contribution is 0.438. The highest BCUT2D eigenvalue weighted by atomic mass is 14.9. The summed E-state index contributed by atoms with van der Waals surface area (Å²) in [5, 5.41) is 3.77. The van der Waals surface area contributed by atoms with Crippen LogP contribution < -0.4 is 5.32 Å². The Morgan fingerprint density at radius 1 is 0.652 bits per heavy atom. The minimum Gasteiger partial charge on any atom is -0.309 e. The smallest absolute Gasteiger partial charge is 0.0246 e. The number of hydrogen-bond donors (Lipinski definition) is 1. The zero-order chi connectivity index (χ0) is 15.5. The SMILES string of the molecule is c1ccc(C(c2ccccc2)[C@H]2Cc3ccccc3CN2)cc1. The summed E-state index contributed by atoms with van der Waals surface area (Å²) in [6.45, 7) is 0.955. The molecule has 0 saturated heterocycles. The lowest BCUT2D eigenvalue weighted by Gasteiger charge is -2.33. The molecule has 1 heterocycles. The average molecular weight is 299 g/mol. The van der Waals surface area contributed by atoms with Crippen LogP contribution >= 0.6 is 0 Å². The Kier molecular flexibility index (Phi) is 3.95. The van der Waals surface area contributed by atoms with Gasteiger partial charge in [-0.3, -0.25) is 0 Å². The fraction of sp³-hybridized carbons (Fsp3) is 0.182. The van der Waals surface area contributed by atoms with Gasteiger partial charge in [0.05, 0.1) is 0 Å². The van der Waals surface area contributed by atoms with Crippen LogP contribution in [0, 0.1) is 0 Å². The summed E-state index contributed by atoms with van der Waals surface area (Å²) in [6, 6.07) is 31.0. The number of hydrogen-bond acceptors (Lipinski definition) is 1. The quantitative estimate of drug-likeness (QED) is 0.749. The van der Waals surface area contributed by atoms with Gasteiger partial charge in [0.15, 0.2) is 0 Å². The molecule has 0 aromatic heterocycles. The number of rotatable bonds is 3. The third-order valence-corrected chi connectivity index (χ3v) is 4.83. The summed E-state index contributed by atoms with van der Waals surface area (Å²) in [6.07, 6.45) is 1.07. The molecule has 0 radical (unpaired) electrons. The first-order valence-electron chi connectivity index (χ1n) is 8.32. The van der Waals surface area contributed by atoms with E-state index in [1.807, 2.05) is 0 Å².